The van der Waals surface area contributed by atoms with Crippen LogP contribution in [0.2, 0.25) is 0 Å². The average Bonchev–Trinajstić information content (AvgIpc) is 3.19. The van der Waals surface area contributed by atoms with E-state index >= 15 is 0 Å². The van der Waals surface area contributed by atoms with Gasteiger partial charge in [-0.25, -0.2) is 12.8 Å². The molecule has 1 atom stereocenters. The molecule has 0 unspecified atom stereocenters. The molecule has 1 aromatic carbocycles. The summed E-state index contributed by atoms with van der Waals surface area (Å²) >= 11 is 0. The predicted molar refractivity (Wildman–Crippen MR) is 91.4 cm³/mol. The second-order valence-corrected chi connectivity index (χ2v) is 7.82. The number of nitrogens with zero attached hydrogens (tertiary/aromatic N) is 4. The van der Waals surface area contributed by atoms with Crippen LogP contribution in [0.3, 0.4) is 0 Å². The maximum absolute atomic E-state index is 13.4. The van der Waals surface area contributed by atoms with E-state index in [1.165, 1.54) is 22.5 Å². The summed E-state index contributed by atoms with van der Waals surface area (Å²) in [5.41, 5.74) is 0.674. The molecule has 3 heterocycles. The number of ether oxygens (including phenoxy) is 1. The Morgan fingerprint density at radius 3 is 2.89 bits per heavy atom. The second-order valence-electron chi connectivity index (χ2n) is 5.88. The zero-order valence-corrected chi connectivity index (χ0v) is 14.8. The van der Waals surface area contributed by atoms with Crippen LogP contribution in [0.25, 0.3) is 11.4 Å². The van der Waals surface area contributed by atoms with Crippen LogP contribution in [0.15, 0.2) is 58.2 Å². The van der Waals surface area contributed by atoms with Gasteiger partial charge in [0, 0.05) is 31.0 Å². The number of pyridine rings is 1. The Morgan fingerprint density at radius 2 is 2.11 bits per heavy atom. The van der Waals surface area contributed by atoms with E-state index < -0.39 is 21.9 Å². The SMILES string of the molecule is O=S(=O)(c1cccc(F)c1)N1CCO[C@@H](c2nc(-c3cccnc3)no2)C1. The summed E-state index contributed by atoms with van der Waals surface area (Å²) in [5.74, 6) is -0.0984. The minimum absolute atomic E-state index is 0.00643. The lowest BCUT2D eigenvalue weighted by Crippen LogP contribution is -2.42. The van der Waals surface area contributed by atoms with Gasteiger partial charge in [0.1, 0.15) is 5.82 Å². The van der Waals surface area contributed by atoms with Crippen LogP contribution >= 0.6 is 0 Å². The van der Waals surface area contributed by atoms with Crippen molar-refractivity contribution in [2.24, 2.45) is 0 Å². The van der Waals surface area contributed by atoms with Gasteiger partial charge in [-0.3, -0.25) is 4.98 Å². The van der Waals surface area contributed by atoms with E-state index in [2.05, 4.69) is 15.1 Å². The van der Waals surface area contributed by atoms with Gasteiger partial charge in [0.25, 0.3) is 5.89 Å². The molecule has 0 aliphatic carbocycles. The summed E-state index contributed by atoms with van der Waals surface area (Å²) in [7, 11) is -3.86. The van der Waals surface area contributed by atoms with E-state index in [1.807, 2.05) is 0 Å². The zero-order valence-electron chi connectivity index (χ0n) is 14.0. The number of rotatable bonds is 4. The lowest BCUT2D eigenvalue weighted by Gasteiger charge is -2.30. The standard InChI is InChI=1S/C17H15FN4O4S/c18-13-4-1-5-14(9-13)27(23,24)22-7-8-25-15(11-22)17-20-16(21-26-17)12-3-2-6-19-10-12/h1-6,9-10,15H,7-8,11H2/t15-/m1/s1. The van der Waals surface area contributed by atoms with Crippen LogP contribution in [-0.2, 0) is 14.8 Å². The molecule has 1 aliphatic heterocycles. The monoisotopic (exact) mass is 390 g/mol. The number of aromatic nitrogens is 3. The first-order chi connectivity index (χ1) is 13.0. The van der Waals surface area contributed by atoms with Gasteiger partial charge in [0.05, 0.1) is 11.5 Å². The first kappa shape index (κ1) is 17.7. The second kappa shape index (κ2) is 7.14. The molecule has 2 aromatic heterocycles. The van der Waals surface area contributed by atoms with E-state index in [9.17, 15) is 12.8 Å². The highest BCUT2D eigenvalue weighted by Crippen LogP contribution is 2.27. The van der Waals surface area contributed by atoms with E-state index in [1.54, 1.807) is 24.5 Å². The molecule has 0 amide bonds. The van der Waals surface area contributed by atoms with Crippen molar-refractivity contribution in [2.45, 2.75) is 11.0 Å². The first-order valence-electron chi connectivity index (χ1n) is 8.15. The molecule has 140 valence electrons. The third-order valence-corrected chi connectivity index (χ3v) is 5.96. The fourth-order valence-corrected chi connectivity index (χ4v) is 4.20. The van der Waals surface area contributed by atoms with Crippen molar-refractivity contribution >= 4 is 10.0 Å². The molecular formula is C17H15FN4O4S. The molecule has 8 nitrogen and oxygen atoms in total. The number of hydrogen-bond donors (Lipinski definition) is 0. The average molecular weight is 390 g/mol. The molecule has 3 aromatic rings. The molecule has 1 saturated heterocycles. The van der Waals surface area contributed by atoms with Gasteiger partial charge in [-0.15, -0.1) is 0 Å². The van der Waals surface area contributed by atoms with Crippen molar-refractivity contribution in [1.29, 1.82) is 0 Å². The van der Waals surface area contributed by atoms with Crippen molar-refractivity contribution < 1.29 is 22.1 Å². The van der Waals surface area contributed by atoms with Gasteiger partial charge in [0.15, 0.2) is 6.10 Å². The molecule has 27 heavy (non-hydrogen) atoms. The van der Waals surface area contributed by atoms with Gasteiger partial charge >= 0.3 is 0 Å². The van der Waals surface area contributed by atoms with Crippen molar-refractivity contribution in [1.82, 2.24) is 19.4 Å². The fourth-order valence-electron chi connectivity index (χ4n) is 2.75. The number of hydrogen-bond acceptors (Lipinski definition) is 7. The van der Waals surface area contributed by atoms with Gasteiger partial charge in [-0.2, -0.15) is 9.29 Å². The smallest absolute Gasteiger partial charge is 0.257 e. The Labute approximate surface area is 154 Å². The van der Waals surface area contributed by atoms with Crippen molar-refractivity contribution in [3.05, 3.63) is 60.5 Å². The minimum Gasteiger partial charge on any atom is -0.366 e. The molecule has 4 rings (SSSR count). The normalized spacial score (nSPS) is 18.5. The lowest BCUT2D eigenvalue weighted by atomic mass is 10.2. The van der Waals surface area contributed by atoms with Crippen LogP contribution in [0, 0.1) is 5.82 Å². The molecule has 0 saturated carbocycles. The van der Waals surface area contributed by atoms with Crippen LogP contribution in [0.5, 0.6) is 0 Å². The highest BCUT2D eigenvalue weighted by Gasteiger charge is 2.34. The quantitative estimate of drug-likeness (QED) is 0.672. The van der Waals surface area contributed by atoms with Gasteiger partial charge in [-0.1, -0.05) is 11.2 Å². The first-order valence-corrected chi connectivity index (χ1v) is 9.59. The Morgan fingerprint density at radius 1 is 1.22 bits per heavy atom. The highest BCUT2D eigenvalue weighted by atomic mass is 32.2. The molecule has 0 N–H and O–H groups in total. The van der Waals surface area contributed by atoms with E-state index in [4.69, 9.17) is 9.26 Å². The molecule has 0 bridgehead atoms. The largest absolute Gasteiger partial charge is 0.366 e. The van der Waals surface area contributed by atoms with Gasteiger partial charge in [-0.05, 0) is 30.3 Å². The van der Waals surface area contributed by atoms with E-state index in [0.717, 1.165) is 6.07 Å². The number of sulfonamides is 1. The van der Waals surface area contributed by atoms with Crippen LogP contribution < -0.4 is 0 Å². The van der Waals surface area contributed by atoms with Crippen LogP contribution in [0.1, 0.15) is 12.0 Å². The van der Waals surface area contributed by atoms with Crippen LogP contribution in [-0.4, -0.2) is 47.5 Å². The van der Waals surface area contributed by atoms with Crippen molar-refractivity contribution in [3.63, 3.8) is 0 Å². The summed E-state index contributed by atoms with van der Waals surface area (Å²) in [6, 6.07) is 8.43. The van der Waals surface area contributed by atoms with Crippen LogP contribution in [0.4, 0.5) is 4.39 Å². The highest BCUT2D eigenvalue weighted by molar-refractivity contribution is 7.89. The Kier molecular flexibility index (Phi) is 4.68. The van der Waals surface area contributed by atoms with Gasteiger partial charge < -0.3 is 9.26 Å². The summed E-state index contributed by atoms with van der Waals surface area (Å²) < 4.78 is 51.0. The van der Waals surface area contributed by atoms with E-state index in [0.29, 0.717) is 11.4 Å². The number of halogens is 1. The lowest BCUT2D eigenvalue weighted by molar-refractivity contribution is -0.0199. The topological polar surface area (TPSA) is 98.4 Å². The number of benzene rings is 1. The van der Waals surface area contributed by atoms with Crippen molar-refractivity contribution in [2.75, 3.05) is 19.7 Å². The molecule has 0 spiro atoms. The predicted octanol–water partition coefficient (Wildman–Crippen LogP) is 2.03. The summed E-state index contributed by atoms with van der Waals surface area (Å²) in [5, 5.41) is 3.89. The summed E-state index contributed by atoms with van der Waals surface area (Å²) in [6.07, 6.45) is 2.51. The fraction of sp³-hybridized carbons (Fsp3) is 0.235. The Hall–Kier alpha value is -2.69. The number of morpholine rings is 1. The third kappa shape index (κ3) is 3.59. The molecular weight excluding hydrogens is 375 g/mol. The zero-order chi connectivity index (χ0) is 18.9. The molecule has 1 fully saturated rings. The minimum atomic E-state index is -3.86. The maximum atomic E-state index is 13.4. The third-order valence-electron chi connectivity index (χ3n) is 4.10. The van der Waals surface area contributed by atoms with Gasteiger partial charge in [0.2, 0.25) is 15.8 Å². The summed E-state index contributed by atoms with van der Waals surface area (Å²) in [4.78, 5) is 8.17. The summed E-state index contributed by atoms with van der Waals surface area (Å²) in [6.45, 7) is 0.302. The Bertz CT molecular complexity index is 1040. The molecule has 0 radical (unpaired) electrons. The maximum Gasteiger partial charge on any atom is 0.257 e. The Balaban J connectivity index is 1.56. The molecule has 10 heteroatoms. The van der Waals surface area contributed by atoms with Crippen molar-refractivity contribution in [3.8, 4) is 11.4 Å². The van der Waals surface area contributed by atoms with E-state index in [-0.39, 0.29) is 30.5 Å². The molecule has 1 aliphatic rings.